The van der Waals surface area contributed by atoms with E-state index in [1.54, 1.807) is 0 Å². The van der Waals surface area contributed by atoms with Crippen molar-refractivity contribution in [2.75, 3.05) is 0 Å². The van der Waals surface area contributed by atoms with E-state index in [9.17, 15) is 4.79 Å². The third kappa shape index (κ3) is 2.40. The van der Waals surface area contributed by atoms with E-state index in [1.165, 1.54) is 0 Å². The molecular formula is C15H13ClO. The Balaban J connectivity index is 2.49. The summed E-state index contributed by atoms with van der Waals surface area (Å²) in [6.45, 7) is 4.00. The molecule has 0 amide bonds. The van der Waals surface area contributed by atoms with Gasteiger partial charge in [-0.1, -0.05) is 35.9 Å². The summed E-state index contributed by atoms with van der Waals surface area (Å²) in [7, 11) is 0. The highest BCUT2D eigenvalue weighted by atomic mass is 35.5. The lowest BCUT2D eigenvalue weighted by Crippen LogP contribution is -1.86. The molecule has 0 saturated heterocycles. The predicted molar refractivity (Wildman–Crippen MR) is 71.7 cm³/mol. The number of aldehydes is 1. The van der Waals surface area contributed by atoms with Crippen LogP contribution in [0.4, 0.5) is 0 Å². The van der Waals surface area contributed by atoms with Gasteiger partial charge in [-0.25, -0.2) is 0 Å². The van der Waals surface area contributed by atoms with Gasteiger partial charge >= 0.3 is 0 Å². The predicted octanol–water partition coefficient (Wildman–Crippen LogP) is 4.44. The molecule has 2 aromatic carbocycles. The third-order valence-corrected chi connectivity index (χ3v) is 3.41. The Morgan fingerprint density at radius 1 is 0.941 bits per heavy atom. The van der Waals surface area contributed by atoms with Gasteiger partial charge in [0.2, 0.25) is 0 Å². The number of benzene rings is 2. The van der Waals surface area contributed by atoms with E-state index in [-0.39, 0.29) is 0 Å². The normalized spacial score (nSPS) is 10.3. The minimum Gasteiger partial charge on any atom is -0.298 e. The van der Waals surface area contributed by atoms with Gasteiger partial charge in [0.05, 0.1) is 0 Å². The van der Waals surface area contributed by atoms with E-state index in [1.807, 2.05) is 38.1 Å². The molecule has 86 valence electrons. The van der Waals surface area contributed by atoms with Crippen LogP contribution in [0, 0.1) is 13.8 Å². The van der Waals surface area contributed by atoms with Crippen molar-refractivity contribution in [1.29, 1.82) is 0 Å². The second-order valence-corrected chi connectivity index (χ2v) is 4.54. The van der Waals surface area contributed by atoms with Gasteiger partial charge in [-0.2, -0.15) is 0 Å². The second kappa shape index (κ2) is 4.72. The largest absolute Gasteiger partial charge is 0.298 e. The van der Waals surface area contributed by atoms with Gasteiger partial charge < -0.3 is 0 Å². The van der Waals surface area contributed by atoms with E-state index in [0.29, 0.717) is 5.56 Å². The lowest BCUT2D eigenvalue weighted by Gasteiger charge is -2.08. The van der Waals surface area contributed by atoms with Crippen molar-refractivity contribution in [2.24, 2.45) is 0 Å². The maximum Gasteiger partial charge on any atom is 0.150 e. The maximum absolute atomic E-state index is 10.6. The van der Waals surface area contributed by atoms with Crippen LogP contribution in [-0.2, 0) is 0 Å². The minimum absolute atomic E-state index is 0.691. The van der Waals surface area contributed by atoms with Crippen LogP contribution in [0.5, 0.6) is 0 Å². The highest BCUT2D eigenvalue weighted by Crippen LogP contribution is 2.28. The Bertz CT molecular complexity index is 533. The Morgan fingerprint density at radius 2 is 1.47 bits per heavy atom. The SMILES string of the molecule is Cc1cc(-c2ccc(C=O)cc2)cc(C)c1Cl. The van der Waals surface area contributed by atoms with Crippen molar-refractivity contribution < 1.29 is 4.79 Å². The van der Waals surface area contributed by atoms with E-state index in [2.05, 4.69) is 12.1 Å². The molecule has 2 rings (SSSR count). The zero-order chi connectivity index (χ0) is 12.4. The van der Waals surface area contributed by atoms with Crippen LogP contribution in [0.3, 0.4) is 0 Å². The standard InChI is InChI=1S/C15H13ClO/c1-10-7-14(8-11(2)15(10)16)13-5-3-12(9-17)4-6-13/h3-9H,1-2H3. The molecule has 0 radical (unpaired) electrons. The Kier molecular flexibility index (Phi) is 3.30. The fraction of sp³-hybridized carbons (Fsp3) is 0.133. The molecule has 0 aliphatic carbocycles. The van der Waals surface area contributed by atoms with Crippen LogP contribution in [0.2, 0.25) is 5.02 Å². The van der Waals surface area contributed by atoms with Crippen LogP contribution in [0.25, 0.3) is 11.1 Å². The zero-order valence-corrected chi connectivity index (χ0v) is 10.6. The van der Waals surface area contributed by atoms with Gasteiger partial charge in [-0.15, -0.1) is 0 Å². The highest BCUT2D eigenvalue weighted by Gasteiger charge is 2.04. The van der Waals surface area contributed by atoms with Crippen LogP contribution in [0.1, 0.15) is 21.5 Å². The molecule has 0 aromatic heterocycles. The van der Waals surface area contributed by atoms with Crippen molar-refractivity contribution in [3.8, 4) is 11.1 Å². The van der Waals surface area contributed by atoms with Crippen molar-refractivity contribution in [2.45, 2.75) is 13.8 Å². The highest BCUT2D eigenvalue weighted by molar-refractivity contribution is 6.32. The van der Waals surface area contributed by atoms with Crippen LogP contribution in [-0.4, -0.2) is 6.29 Å². The molecule has 2 aromatic rings. The molecule has 0 spiro atoms. The first-order valence-corrected chi connectivity index (χ1v) is 5.82. The number of aryl methyl sites for hydroxylation is 2. The first-order valence-electron chi connectivity index (χ1n) is 5.44. The number of carbonyl (C=O) groups excluding carboxylic acids is 1. The minimum atomic E-state index is 0.691. The van der Waals surface area contributed by atoms with E-state index < -0.39 is 0 Å². The summed E-state index contributed by atoms with van der Waals surface area (Å²) in [6.07, 6.45) is 0.849. The number of halogens is 1. The second-order valence-electron chi connectivity index (χ2n) is 4.16. The molecule has 0 fully saturated rings. The molecule has 0 N–H and O–H groups in total. The molecule has 0 aliphatic heterocycles. The summed E-state index contributed by atoms with van der Waals surface area (Å²) in [5, 5.41) is 0.818. The van der Waals surface area contributed by atoms with E-state index in [4.69, 9.17) is 11.6 Å². The third-order valence-electron chi connectivity index (χ3n) is 2.82. The molecule has 0 atom stereocenters. The summed E-state index contributed by atoms with van der Waals surface area (Å²) < 4.78 is 0. The van der Waals surface area contributed by atoms with Gasteiger partial charge in [0.15, 0.2) is 0 Å². The lowest BCUT2D eigenvalue weighted by molar-refractivity contribution is 0.112. The molecule has 0 bridgehead atoms. The first kappa shape index (κ1) is 11.9. The maximum atomic E-state index is 10.6. The Hall–Kier alpha value is -1.60. The molecule has 0 heterocycles. The number of hydrogen-bond acceptors (Lipinski definition) is 1. The molecule has 2 heteroatoms. The van der Waals surface area contributed by atoms with Crippen molar-refractivity contribution in [3.05, 3.63) is 58.1 Å². The number of rotatable bonds is 2. The topological polar surface area (TPSA) is 17.1 Å². The molecule has 17 heavy (non-hydrogen) atoms. The van der Waals surface area contributed by atoms with Crippen LogP contribution in [0.15, 0.2) is 36.4 Å². The molecule has 0 unspecified atom stereocenters. The summed E-state index contributed by atoms with van der Waals surface area (Å²) in [6, 6.07) is 11.7. The Labute approximate surface area is 106 Å². The van der Waals surface area contributed by atoms with E-state index >= 15 is 0 Å². The average Bonchev–Trinajstić information content (AvgIpc) is 2.35. The van der Waals surface area contributed by atoms with Gasteiger partial charge in [0.25, 0.3) is 0 Å². The van der Waals surface area contributed by atoms with Crippen molar-refractivity contribution in [3.63, 3.8) is 0 Å². The number of hydrogen-bond donors (Lipinski definition) is 0. The summed E-state index contributed by atoms with van der Waals surface area (Å²) >= 11 is 6.14. The van der Waals surface area contributed by atoms with Crippen LogP contribution < -0.4 is 0 Å². The first-order chi connectivity index (χ1) is 8.11. The van der Waals surface area contributed by atoms with Crippen molar-refractivity contribution in [1.82, 2.24) is 0 Å². The monoisotopic (exact) mass is 244 g/mol. The van der Waals surface area contributed by atoms with E-state index in [0.717, 1.165) is 33.6 Å². The van der Waals surface area contributed by atoms with Crippen molar-refractivity contribution >= 4 is 17.9 Å². The number of carbonyl (C=O) groups is 1. The van der Waals surface area contributed by atoms with Gasteiger partial charge in [0, 0.05) is 10.6 Å². The quantitative estimate of drug-likeness (QED) is 0.714. The molecule has 0 saturated carbocycles. The fourth-order valence-electron chi connectivity index (χ4n) is 1.87. The van der Waals surface area contributed by atoms with Gasteiger partial charge in [-0.3, -0.25) is 4.79 Å². The van der Waals surface area contributed by atoms with Gasteiger partial charge in [0.1, 0.15) is 6.29 Å². The summed E-state index contributed by atoms with van der Waals surface area (Å²) in [5.74, 6) is 0. The summed E-state index contributed by atoms with van der Waals surface area (Å²) in [4.78, 5) is 10.6. The smallest absolute Gasteiger partial charge is 0.150 e. The summed E-state index contributed by atoms with van der Waals surface area (Å²) in [5.41, 5.74) is 5.05. The average molecular weight is 245 g/mol. The van der Waals surface area contributed by atoms with Crippen LogP contribution >= 0.6 is 11.6 Å². The lowest BCUT2D eigenvalue weighted by atomic mass is 10.00. The molecular weight excluding hydrogens is 232 g/mol. The Morgan fingerprint density at radius 3 is 1.94 bits per heavy atom. The molecule has 0 aliphatic rings. The van der Waals surface area contributed by atoms with Gasteiger partial charge in [-0.05, 0) is 48.2 Å². The molecule has 1 nitrogen and oxygen atoms in total. The fourth-order valence-corrected chi connectivity index (χ4v) is 1.98. The zero-order valence-electron chi connectivity index (χ0n) is 9.83.